The van der Waals surface area contributed by atoms with Gasteiger partial charge in [0.05, 0.1) is 13.2 Å². The van der Waals surface area contributed by atoms with Gasteiger partial charge >= 0.3 is 0 Å². The van der Waals surface area contributed by atoms with Crippen LogP contribution in [0.15, 0.2) is 39.5 Å². The first-order chi connectivity index (χ1) is 6.77. The van der Waals surface area contributed by atoms with E-state index < -0.39 is 0 Å². The predicted molar refractivity (Wildman–Crippen MR) is 65.4 cm³/mol. The molecule has 0 radical (unpaired) electrons. The predicted octanol–water partition coefficient (Wildman–Crippen LogP) is 1.90. The highest BCUT2D eigenvalue weighted by atomic mass is 127. The quantitative estimate of drug-likeness (QED) is 0.834. The van der Waals surface area contributed by atoms with E-state index in [0.29, 0.717) is 6.42 Å². The van der Waals surface area contributed by atoms with Crippen LogP contribution in [-0.4, -0.2) is 23.4 Å². The van der Waals surface area contributed by atoms with Crippen LogP contribution >= 0.6 is 22.6 Å². The van der Waals surface area contributed by atoms with Gasteiger partial charge in [-0.05, 0) is 40.1 Å². The van der Waals surface area contributed by atoms with E-state index in [2.05, 4.69) is 22.6 Å². The van der Waals surface area contributed by atoms with Crippen molar-refractivity contribution in [3.63, 3.8) is 0 Å². The number of hydrogen-bond acceptors (Lipinski definition) is 2. The van der Waals surface area contributed by atoms with Crippen molar-refractivity contribution in [1.29, 1.82) is 0 Å². The molecular formula is C11H13IO2. The molecule has 0 fully saturated rings. The van der Waals surface area contributed by atoms with Crippen molar-refractivity contribution in [2.75, 3.05) is 13.2 Å². The zero-order valence-corrected chi connectivity index (χ0v) is 9.94. The van der Waals surface area contributed by atoms with E-state index in [1.807, 2.05) is 30.3 Å². The van der Waals surface area contributed by atoms with Gasteiger partial charge < -0.3 is 10.2 Å². The van der Waals surface area contributed by atoms with Crippen LogP contribution in [0.1, 0.15) is 5.56 Å². The molecule has 1 aromatic carbocycles. The van der Waals surface area contributed by atoms with Gasteiger partial charge in [-0.2, -0.15) is 0 Å². The summed E-state index contributed by atoms with van der Waals surface area (Å²) in [6.07, 6.45) is 0.705. The number of rotatable bonds is 4. The maximum atomic E-state index is 9.12. The molecule has 3 heteroatoms. The Labute approximate surface area is 97.4 Å². The molecule has 2 nitrogen and oxygen atoms in total. The fourth-order valence-corrected chi connectivity index (χ4v) is 1.55. The topological polar surface area (TPSA) is 40.5 Å². The third-order valence-electron chi connectivity index (χ3n) is 1.97. The van der Waals surface area contributed by atoms with E-state index in [1.165, 1.54) is 0 Å². The zero-order chi connectivity index (χ0) is 10.4. The summed E-state index contributed by atoms with van der Waals surface area (Å²) >= 11 is 2.06. The lowest BCUT2D eigenvalue weighted by Gasteiger charge is -2.06. The number of halogens is 1. The minimum atomic E-state index is 0.00326. The summed E-state index contributed by atoms with van der Waals surface area (Å²) in [5, 5.41) is 18.1. The molecule has 1 rings (SSSR count). The summed E-state index contributed by atoms with van der Waals surface area (Å²) in [5.74, 6) is 0. The molecule has 0 unspecified atom stereocenters. The summed E-state index contributed by atoms with van der Waals surface area (Å²) < 4.78 is 0.828. The smallest absolute Gasteiger partial charge is 0.0739 e. The molecule has 0 saturated carbocycles. The average molecular weight is 304 g/mol. The molecule has 0 aromatic heterocycles. The molecule has 1 aromatic rings. The molecule has 76 valence electrons. The minimum Gasteiger partial charge on any atom is -0.392 e. The van der Waals surface area contributed by atoms with Crippen molar-refractivity contribution in [2.24, 2.45) is 0 Å². The van der Waals surface area contributed by atoms with E-state index in [0.717, 1.165) is 14.7 Å². The van der Waals surface area contributed by atoms with Crippen LogP contribution in [0.2, 0.25) is 0 Å². The fourth-order valence-electron chi connectivity index (χ4n) is 1.19. The van der Waals surface area contributed by atoms with Crippen molar-refractivity contribution >= 4 is 22.6 Å². The highest BCUT2D eigenvalue weighted by Gasteiger charge is 2.03. The summed E-state index contributed by atoms with van der Waals surface area (Å²) in [6, 6.07) is 9.92. The summed E-state index contributed by atoms with van der Waals surface area (Å²) in [4.78, 5) is 0. The Morgan fingerprint density at radius 1 is 1.07 bits per heavy atom. The Morgan fingerprint density at radius 3 is 2.21 bits per heavy atom. The van der Waals surface area contributed by atoms with Gasteiger partial charge in [0, 0.05) is 3.58 Å². The molecule has 0 amide bonds. The van der Waals surface area contributed by atoms with Crippen molar-refractivity contribution in [3.8, 4) is 0 Å². The van der Waals surface area contributed by atoms with Crippen LogP contribution in [0.5, 0.6) is 0 Å². The molecule has 2 N–H and O–H groups in total. The summed E-state index contributed by atoms with van der Waals surface area (Å²) in [6.45, 7) is 0.0109. The SMILES string of the molecule is OCC(I)=C(CO)Cc1ccccc1. The van der Waals surface area contributed by atoms with Crippen LogP contribution in [0.3, 0.4) is 0 Å². The average Bonchev–Trinajstić information content (AvgIpc) is 2.26. The number of benzene rings is 1. The second-order valence-electron chi connectivity index (χ2n) is 2.99. The monoisotopic (exact) mass is 304 g/mol. The molecule has 0 aliphatic rings. The van der Waals surface area contributed by atoms with Gasteiger partial charge in [0.1, 0.15) is 0 Å². The third-order valence-corrected chi connectivity index (χ3v) is 3.08. The summed E-state index contributed by atoms with van der Waals surface area (Å²) in [5.41, 5.74) is 2.04. The molecule has 0 saturated heterocycles. The van der Waals surface area contributed by atoms with Crippen LogP contribution in [0.25, 0.3) is 0 Å². The van der Waals surface area contributed by atoms with Crippen LogP contribution in [-0.2, 0) is 6.42 Å². The number of aliphatic hydroxyl groups is 2. The maximum Gasteiger partial charge on any atom is 0.0739 e. The molecule has 0 aliphatic carbocycles. The molecule has 0 heterocycles. The van der Waals surface area contributed by atoms with Gasteiger partial charge in [0.25, 0.3) is 0 Å². The first-order valence-electron chi connectivity index (χ1n) is 4.40. The van der Waals surface area contributed by atoms with E-state index in [9.17, 15) is 0 Å². The Kier molecular flexibility index (Phi) is 5.14. The van der Waals surface area contributed by atoms with Crippen molar-refractivity contribution in [2.45, 2.75) is 6.42 Å². The first kappa shape index (κ1) is 11.7. The molecular weight excluding hydrogens is 291 g/mol. The third kappa shape index (κ3) is 3.40. The van der Waals surface area contributed by atoms with E-state index in [4.69, 9.17) is 10.2 Å². The maximum absolute atomic E-state index is 9.12. The lowest BCUT2D eigenvalue weighted by molar-refractivity contribution is 0.316. The largest absolute Gasteiger partial charge is 0.392 e. The normalized spacial score (nSPS) is 12.5. The molecule has 0 bridgehead atoms. The molecule has 0 atom stereocenters. The van der Waals surface area contributed by atoms with Gasteiger partial charge in [-0.25, -0.2) is 0 Å². The second-order valence-corrected chi connectivity index (χ2v) is 4.29. The van der Waals surface area contributed by atoms with Gasteiger partial charge in [-0.3, -0.25) is 0 Å². The molecule has 0 aliphatic heterocycles. The van der Waals surface area contributed by atoms with E-state index in [1.54, 1.807) is 0 Å². The number of aliphatic hydroxyl groups excluding tert-OH is 2. The zero-order valence-electron chi connectivity index (χ0n) is 7.78. The Morgan fingerprint density at radius 2 is 1.71 bits per heavy atom. The Balaban J connectivity index is 2.77. The standard InChI is InChI=1S/C11H13IO2/c12-11(8-14)10(7-13)6-9-4-2-1-3-5-9/h1-5,13-14H,6-8H2. The van der Waals surface area contributed by atoms with Gasteiger partial charge in [0.2, 0.25) is 0 Å². The lowest BCUT2D eigenvalue weighted by atomic mass is 10.1. The second kappa shape index (κ2) is 6.16. The lowest BCUT2D eigenvalue weighted by Crippen LogP contribution is -2.00. The highest BCUT2D eigenvalue weighted by molar-refractivity contribution is 14.1. The Bertz CT molecular complexity index is 306. The van der Waals surface area contributed by atoms with Gasteiger partial charge in [-0.1, -0.05) is 30.3 Å². The summed E-state index contributed by atoms with van der Waals surface area (Å²) in [7, 11) is 0. The molecule has 14 heavy (non-hydrogen) atoms. The van der Waals surface area contributed by atoms with Crippen molar-refractivity contribution < 1.29 is 10.2 Å². The van der Waals surface area contributed by atoms with Gasteiger partial charge in [-0.15, -0.1) is 0 Å². The Hall–Kier alpha value is -0.390. The highest BCUT2D eigenvalue weighted by Crippen LogP contribution is 2.16. The van der Waals surface area contributed by atoms with Crippen LogP contribution < -0.4 is 0 Å². The van der Waals surface area contributed by atoms with Crippen LogP contribution in [0, 0.1) is 0 Å². The van der Waals surface area contributed by atoms with Crippen molar-refractivity contribution in [3.05, 3.63) is 45.0 Å². The first-order valence-corrected chi connectivity index (χ1v) is 5.48. The van der Waals surface area contributed by atoms with Crippen LogP contribution in [0.4, 0.5) is 0 Å². The van der Waals surface area contributed by atoms with Crippen molar-refractivity contribution in [1.82, 2.24) is 0 Å². The minimum absolute atomic E-state index is 0.00326. The van der Waals surface area contributed by atoms with E-state index in [-0.39, 0.29) is 13.2 Å². The fraction of sp³-hybridized carbons (Fsp3) is 0.273. The number of hydrogen-bond donors (Lipinski definition) is 2. The van der Waals surface area contributed by atoms with E-state index >= 15 is 0 Å². The molecule has 0 spiro atoms. The van der Waals surface area contributed by atoms with Gasteiger partial charge in [0.15, 0.2) is 0 Å².